The van der Waals surface area contributed by atoms with Gasteiger partial charge in [0.25, 0.3) is 5.91 Å². The van der Waals surface area contributed by atoms with Crippen molar-refractivity contribution in [1.82, 2.24) is 9.88 Å². The second-order valence-corrected chi connectivity index (χ2v) is 7.76. The molecule has 3 aromatic rings. The van der Waals surface area contributed by atoms with E-state index >= 15 is 0 Å². The second kappa shape index (κ2) is 10.2. The molecular weight excluding hydrogens is 396 g/mol. The third kappa shape index (κ3) is 5.31. The van der Waals surface area contributed by atoms with Gasteiger partial charge in [0.2, 0.25) is 0 Å². The Kier molecular flexibility index (Phi) is 7.41. The molecular formula is C20H22N2O4S2. The summed E-state index contributed by atoms with van der Waals surface area (Å²) in [6.45, 7) is 1.77. The molecule has 1 aromatic carbocycles. The highest BCUT2D eigenvalue weighted by atomic mass is 32.1. The largest absolute Gasteiger partial charge is 0.493 e. The van der Waals surface area contributed by atoms with Crippen molar-refractivity contribution in [1.29, 1.82) is 0 Å². The van der Waals surface area contributed by atoms with Crippen molar-refractivity contribution in [3.05, 3.63) is 62.7 Å². The Morgan fingerprint density at radius 2 is 1.93 bits per heavy atom. The Balaban J connectivity index is 1.63. The molecule has 1 amide bonds. The van der Waals surface area contributed by atoms with Crippen LogP contribution in [0.25, 0.3) is 0 Å². The highest BCUT2D eigenvalue weighted by molar-refractivity contribution is 7.12. The van der Waals surface area contributed by atoms with Crippen LogP contribution in [-0.4, -0.2) is 43.2 Å². The van der Waals surface area contributed by atoms with Crippen LogP contribution in [0.15, 0.2) is 47.2 Å². The molecule has 0 spiro atoms. The summed E-state index contributed by atoms with van der Waals surface area (Å²) >= 11 is 2.95. The predicted octanol–water partition coefficient (Wildman–Crippen LogP) is 4.08. The van der Waals surface area contributed by atoms with Gasteiger partial charge in [0.15, 0.2) is 11.5 Å². The lowest BCUT2D eigenvalue weighted by atomic mass is 10.3. The molecule has 28 heavy (non-hydrogen) atoms. The average molecular weight is 419 g/mol. The Morgan fingerprint density at radius 3 is 2.64 bits per heavy atom. The number of thiazole rings is 1. The minimum absolute atomic E-state index is 0.00753. The lowest BCUT2D eigenvalue weighted by molar-refractivity contribution is 0.0683. The van der Waals surface area contributed by atoms with Crippen molar-refractivity contribution in [2.75, 3.05) is 27.4 Å². The maximum atomic E-state index is 12.7. The molecule has 8 heteroatoms. The first kappa shape index (κ1) is 20.3. The number of para-hydroxylation sites is 2. The van der Waals surface area contributed by atoms with Crippen LogP contribution < -0.4 is 9.47 Å². The second-order valence-electron chi connectivity index (χ2n) is 5.87. The number of amides is 1. The molecule has 0 fully saturated rings. The average Bonchev–Trinajstić information content (AvgIpc) is 3.41. The third-order valence-corrected chi connectivity index (χ3v) is 5.69. The van der Waals surface area contributed by atoms with E-state index in [4.69, 9.17) is 14.2 Å². The van der Waals surface area contributed by atoms with Crippen molar-refractivity contribution in [2.45, 2.75) is 13.2 Å². The van der Waals surface area contributed by atoms with Gasteiger partial charge in [-0.3, -0.25) is 4.79 Å². The summed E-state index contributed by atoms with van der Waals surface area (Å²) in [6.07, 6.45) is 0. The van der Waals surface area contributed by atoms with E-state index in [1.165, 1.54) is 22.7 Å². The van der Waals surface area contributed by atoms with E-state index in [-0.39, 0.29) is 5.91 Å². The normalized spacial score (nSPS) is 10.6. The first-order valence-corrected chi connectivity index (χ1v) is 10.5. The zero-order chi connectivity index (χ0) is 19.8. The number of rotatable bonds is 10. The van der Waals surface area contributed by atoms with Gasteiger partial charge in [-0.1, -0.05) is 18.2 Å². The molecule has 0 saturated carbocycles. The van der Waals surface area contributed by atoms with E-state index in [1.807, 2.05) is 47.2 Å². The fourth-order valence-electron chi connectivity index (χ4n) is 2.57. The van der Waals surface area contributed by atoms with Crippen LogP contribution in [0.5, 0.6) is 11.5 Å². The fraction of sp³-hybridized carbons (Fsp3) is 0.300. The van der Waals surface area contributed by atoms with Crippen LogP contribution in [0.3, 0.4) is 0 Å². The molecule has 0 aliphatic carbocycles. The highest BCUT2D eigenvalue weighted by Crippen LogP contribution is 2.27. The van der Waals surface area contributed by atoms with Crippen LogP contribution in [0, 0.1) is 0 Å². The third-order valence-electron chi connectivity index (χ3n) is 3.96. The van der Waals surface area contributed by atoms with E-state index in [9.17, 15) is 4.79 Å². The molecule has 6 nitrogen and oxygen atoms in total. The Morgan fingerprint density at radius 1 is 1.11 bits per heavy atom. The number of carbonyl (C=O) groups excluding carboxylic acids is 1. The molecule has 0 bridgehead atoms. The lowest BCUT2D eigenvalue weighted by Gasteiger charge is -2.20. The van der Waals surface area contributed by atoms with Gasteiger partial charge in [0.1, 0.15) is 11.6 Å². The summed E-state index contributed by atoms with van der Waals surface area (Å²) in [5.74, 6) is 1.36. The summed E-state index contributed by atoms with van der Waals surface area (Å²) in [4.78, 5) is 19.8. The van der Waals surface area contributed by atoms with E-state index in [0.717, 1.165) is 10.7 Å². The molecule has 0 N–H and O–H groups in total. The quantitative estimate of drug-likeness (QED) is 0.496. The Hall–Kier alpha value is -2.42. The molecule has 3 rings (SSSR count). The van der Waals surface area contributed by atoms with Crippen molar-refractivity contribution in [3.8, 4) is 11.5 Å². The molecule has 2 heterocycles. The minimum Gasteiger partial charge on any atom is -0.493 e. The van der Waals surface area contributed by atoms with E-state index in [1.54, 1.807) is 19.1 Å². The van der Waals surface area contributed by atoms with E-state index < -0.39 is 0 Å². The number of benzene rings is 1. The number of nitrogens with zero attached hydrogens (tertiary/aromatic N) is 2. The maximum Gasteiger partial charge on any atom is 0.264 e. The Bertz CT molecular complexity index is 880. The van der Waals surface area contributed by atoms with Gasteiger partial charge < -0.3 is 19.1 Å². The zero-order valence-corrected chi connectivity index (χ0v) is 17.4. The first-order chi connectivity index (χ1) is 13.7. The monoisotopic (exact) mass is 418 g/mol. The van der Waals surface area contributed by atoms with Crippen LogP contribution in [-0.2, 0) is 17.9 Å². The summed E-state index contributed by atoms with van der Waals surface area (Å²) in [6, 6.07) is 11.2. The van der Waals surface area contributed by atoms with Gasteiger partial charge in [0, 0.05) is 19.0 Å². The molecule has 2 aromatic heterocycles. The highest BCUT2D eigenvalue weighted by Gasteiger charge is 2.18. The van der Waals surface area contributed by atoms with Crippen molar-refractivity contribution in [2.24, 2.45) is 0 Å². The number of aromatic nitrogens is 1. The van der Waals surface area contributed by atoms with Gasteiger partial charge in [0.05, 0.1) is 30.8 Å². The molecule has 0 aliphatic heterocycles. The fourth-order valence-corrected chi connectivity index (χ4v) is 3.96. The zero-order valence-electron chi connectivity index (χ0n) is 15.8. The van der Waals surface area contributed by atoms with Crippen molar-refractivity contribution < 1.29 is 19.0 Å². The molecule has 0 unspecified atom stereocenters. The van der Waals surface area contributed by atoms with Gasteiger partial charge in [-0.05, 0) is 23.6 Å². The summed E-state index contributed by atoms with van der Waals surface area (Å²) in [7, 11) is 3.24. The van der Waals surface area contributed by atoms with Crippen LogP contribution in [0.4, 0.5) is 0 Å². The Labute approximate surface area is 172 Å². The number of carbonyl (C=O) groups is 1. The number of thiophene rings is 1. The SMILES string of the molecule is COCCN(Cc1csc(COc2ccccc2OC)n1)C(=O)c1cccs1. The standard InChI is InChI=1S/C20H22N2O4S2/c1-24-10-9-22(20(23)18-8-5-11-27-18)12-15-14-28-19(21-15)13-26-17-7-4-3-6-16(17)25-2/h3-8,11,14H,9-10,12-13H2,1-2H3. The van der Waals surface area contributed by atoms with E-state index in [2.05, 4.69) is 4.98 Å². The number of hydrogen-bond donors (Lipinski definition) is 0. The molecule has 0 radical (unpaired) electrons. The number of ether oxygens (including phenoxy) is 3. The number of methoxy groups -OCH3 is 2. The summed E-state index contributed by atoms with van der Waals surface area (Å²) in [5, 5.41) is 4.71. The van der Waals surface area contributed by atoms with Gasteiger partial charge in [-0.2, -0.15) is 0 Å². The molecule has 0 aliphatic rings. The van der Waals surface area contributed by atoms with E-state index in [0.29, 0.717) is 42.7 Å². The van der Waals surface area contributed by atoms with Crippen LogP contribution in [0.1, 0.15) is 20.4 Å². The first-order valence-electron chi connectivity index (χ1n) is 8.72. The van der Waals surface area contributed by atoms with Gasteiger partial charge >= 0.3 is 0 Å². The van der Waals surface area contributed by atoms with Crippen LogP contribution in [0.2, 0.25) is 0 Å². The number of hydrogen-bond acceptors (Lipinski definition) is 7. The molecule has 0 atom stereocenters. The smallest absolute Gasteiger partial charge is 0.264 e. The van der Waals surface area contributed by atoms with Crippen LogP contribution >= 0.6 is 22.7 Å². The van der Waals surface area contributed by atoms with Gasteiger partial charge in [-0.25, -0.2) is 4.98 Å². The van der Waals surface area contributed by atoms with Crippen molar-refractivity contribution >= 4 is 28.6 Å². The predicted molar refractivity (Wildman–Crippen MR) is 110 cm³/mol. The maximum absolute atomic E-state index is 12.7. The minimum atomic E-state index is -0.00753. The molecule has 148 valence electrons. The van der Waals surface area contributed by atoms with Crippen molar-refractivity contribution in [3.63, 3.8) is 0 Å². The molecule has 0 saturated heterocycles. The lowest BCUT2D eigenvalue weighted by Crippen LogP contribution is -2.33. The summed E-state index contributed by atoms with van der Waals surface area (Å²) in [5.41, 5.74) is 0.838. The topological polar surface area (TPSA) is 60.9 Å². The van der Waals surface area contributed by atoms with Gasteiger partial charge in [-0.15, -0.1) is 22.7 Å². The summed E-state index contributed by atoms with van der Waals surface area (Å²) < 4.78 is 16.3.